The Balaban J connectivity index is 0.00000128. The Morgan fingerprint density at radius 2 is 2.38 bits per heavy atom. The van der Waals surface area contributed by atoms with E-state index in [1.165, 1.54) is 30.5 Å². The topological polar surface area (TPSA) is 40.7 Å². The number of allylic oxidation sites excluding steroid dienone is 2. The summed E-state index contributed by atoms with van der Waals surface area (Å²) in [4.78, 5) is 0. The van der Waals surface area contributed by atoms with Gasteiger partial charge in [-0.1, -0.05) is 12.2 Å². The summed E-state index contributed by atoms with van der Waals surface area (Å²) in [6.45, 7) is 4.12. The molecule has 0 spiro atoms. The first-order chi connectivity index (χ1) is 7.36. The standard InChI is InChI=1S/C12H19N3.ClH/c1-10-12(9-14-15-10)8-13-7-11-5-3-2-4-6-11;/h2-3,9,11,13H,4-8H2,1H3,(H,14,15);1H. The molecule has 1 unspecified atom stereocenters. The lowest BCUT2D eigenvalue weighted by atomic mass is 9.94. The molecule has 1 heterocycles. The molecule has 2 N–H and O–H groups in total. The smallest absolute Gasteiger partial charge is 0.0535 e. The van der Waals surface area contributed by atoms with Crippen molar-refractivity contribution in [1.82, 2.24) is 15.5 Å². The summed E-state index contributed by atoms with van der Waals surface area (Å²) in [5, 5.41) is 10.5. The Labute approximate surface area is 103 Å². The number of hydrogen-bond donors (Lipinski definition) is 2. The van der Waals surface area contributed by atoms with Crippen molar-refractivity contribution in [2.24, 2.45) is 5.92 Å². The molecule has 0 fully saturated rings. The van der Waals surface area contributed by atoms with Crippen LogP contribution in [0.15, 0.2) is 18.3 Å². The minimum absolute atomic E-state index is 0. The van der Waals surface area contributed by atoms with Crippen LogP contribution in [0.3, 0.4) is 0 Å². The van der Waals surface area contributed by atoms with Crippen molar-refractivity contribution in [2.75, 3.05) is 6.54 Å². The molecule has 0 bridgehead atoms. The summed E-state index contributed by atoms with van der Waals surface area (Å²) in [6.07, 6.45) is 10.3. The van der Waals surface area contributed by atoms with Crippen LogP contribution in [0, 0.1) is 12.8 Å². The Hall–Kier alpha value is -0.800. The minimum Gasteiger partial charge on any atom is -0.312 e. The molecule has 0 saturated heterocycles. The van der Waals surface area contributed by atoms with Gasteiger partial charge in [0.15, 0.2) is 0 Å². The van der Waals surface area contributed by atoms with Gasteiger partial charge in [0.2, 0.25) is 0 Å². The van der Waals surface area contributed by atoms with Gasteiger partial charge in [0.1, 0.15) is 0 Å². The lowest BCUT2D eigenvalue weighted by molar-refractivity contribution is 0.440. The normalized spacial score (nSPS) is 19.4. The van der Waals surface area contributed by atoms with E-state index in [0.29, 0.717) is 0 Å². The van der Waals surface area contributed by atoms with Crippen LogP contribution in [-0.2, 0) is 6.54 Å². The maximum atomic E-state index is 4.01. The second kappa shape index (κ2) is 6.71. The summed E-state index contributed by atoms with van der Waals surface area (Å²) >= 11 is 0. The Morgan fingerprint density at radius 1 is 1.50 bits per heavy atom. The van der Waals surface area contributed by atoms with E-state index in [0.717, 1.165) is 19.0 Å². The van der Waals surface area contributed by atoms with Crippen LogP contribution < -0.4 is 5.32 Å². The number of aromatic amines is 1. The molecular formula is C12H20ClN3. The van der Waals surface area contributed by atoms with Gasteiger partial charge in [-0.2, -0.15) is 5.10 Å². The van der Waals surface area contributed by atoms with Crippen LogP contribution >= 0.6 is 12.4 Å². The zero-order chi connectivity index (χ0) is 10.5. The number of halogens is 1. The quantitative estimate of drug-likeness (QED) is 0.796. The maximum absolute atomic E-state index is 4.01. The van der Waals surface area contributed by atoms with Gasteiger partial charge < -0.3 is 5.32 Å². The average Bonchev–Trinajstić information content (AvgIpc) is 2.66. The second-order valence-electron chi connectivity index (χ2n) is 4.30. The molecule has 1 atom stereocenters. The van der Waals surface area contributed by atoms with Crippen LogP contribution in [0.25, 0.3) is 0 Å². The fourth-order valence-electron chi connectivity index (χ4n) is 2.01. The van der Waals surface area contributed by atoms with Crippen LogP contribution in [0.2, 0.25) is 0 Å². The van der Waals surface area contributed by atoms with Gasteiger partial charge >= 0.3 is 0 Å². The molecule has 0 aliphatic heterocycles. The molecule has 3 nitrogen and oxygen atoms in total. The van der Waals surface area contributed by atoms with Crippen LogP contribution in [-0.4, -0.2) is 16.7 Å². The van der Waals surface area contributed by atoms with Crippen molar-refractivity contribution in [3.05, 3.63) is 29.6 Å². The Bertz CT molecular complexity index is 333. The molecule has 0 saturated carbocycles. The number of nitrogens with one attached hydrogen (secondary N) is 2. The summed E-state index contributed by atoms with van der Waals surface area (Å²) in [7, 11) is 0. The van der Waals surface area contributed by atoms with E-state index in [4.69, 9.17) is 0 Å². The molecule has 0 radical (unpaired) electrons. The summed E-state index contributed by atoms with van der Waals surface area (Å²) in [6, 6.07) is 0. The lowest BCUT2D eigenvalue weighted by Crippen LogP contribution is -2.23. The molecule has 0 amide bonds. The number of hydrogen-bond acceptors (Lipinski definition) is 2. The van der Waals surface area contributed by atoms with Crippen molar-refractivity contribution < 1.29 is 0 Å². The molecule has 1 aliphatic carbocycles. The van der Waals surface area contributed by atoms with Crippen LogP contribution in [0.5, 0.6) is 0 Å². The third-order valence-electron chi connectivity index (χ3n) is 3.06. The highest BCUT2D eigenvalue weighted by Gasteiger charge is 2.09. The van der Waals surface area contributed by atoms with E-state index in [-0.39, 0.29) is 12.4 Å². The predicted molar refractivity (Wildman–Crippen MR) is 68.8 cm³/mol. The van der Waals surface area contributed by atoms with Gasteiger partial charge in [0.05, 0.1) is 6.20 Å². The summed E-state index contributed by atoms with van der Waals surface area (Å²) < 4.78 is 0. The highest BCUT2D eigenvalue weighted by molar-refractivity contribution is 5.85. The zero-order valence-corrected chi connectivity index (χ0v) is 10.5. The monoisotopic (exact) mass is 241 g/mol. The first-order valence-corrected chi connectivity index (χ1v) is 5.71. The van der Waals surface area contributed by atoms with Gasteiger partial charge in [0, 0.05) is 17.8 Å². The fourth-order valence-corrected chi connectivity index (χ4v) is 2.01. The highest BCUT2D eigenvalue weighted by Crippen LogP contribution is 2.17. The summed E-state index contributed by atoms with van der Waals surface area (Å²) in [5.74, 6) is 0.821. The molecule has 16 heavy (non-hydrogen) atoms. The van der Waals surface area contributed by atoms with E-state index in [1.54, 1.807) is 0 Å². The number of aryl methyl sites for hydroxylation is 1. The molecular weight excluding hydrogens is 222 g/mol. The highest BCUT2D eigenvalue weighted by atomic mass is 35.5. The van der Waals surface area contributed by atoms with E-state index >= 15 is 0 Å². The fraction of sp³-hybridized carbons (Fsp3) is 0.583. The van der Waals surface area contributed by atoms with E-state index in [9.17, 15) is 0 Å². The molecule has 90 valence electrons. The minimum atomic E-state index is 0. The predicted octanol–water partition coefficient (Wildman–Crippen LogP) is 2.59. The van der Waals surface area contributed by atoms with Crippen molar-refractivity contribution in [3.63, 3.8) is 0 Å². The first-order valence-electron chi connectivity index (χ1n) is 5.71. The number of nitrogens with zero attached hydrogens (tertiary/aromatic N) is 1. The number of rotatable bonds is 4. The van der Waals surface area contributed by atoms with Crippen molar-refractivity contribution >= 4 is 12.4 Å². The Kier molecular flexibility index (Phi) is 5.56. The molecule has 1 aromatic rings. The molecule has 2 rings (SSSR count). The van der Waals surface area contributed by atoms with E-state index in [2.05, 4.69) is 34.6 Å². The van der Waals surface area contributed by atoms with Crippen LogP contribution in [0.4, 0.5) is 0 Å². The Morgan fingerprint density at radius 3 is 3.00 bits per heavy atom. The molecule has 0 aromatic carbocycles. The van der Waals surface area contributed by atoms with Crippen LogP contribution in [0.1, 0.15) is 30.5 Å². The average molecular weight is 242 g/mol. The van der Waals surface area contributed by atoms with Gasteiger partial charge in [0.25, 0.3) is 0 Å². The van der Waals surface area contributed by atoms with E-state index in [1.807, 2.05) is 6.20 Å². The second-order valence-corrected chi connectivity index (χ2v) is 4.30. The largest absolute Gasteiger partial charge is 0.312 e. The van der Waals surface area contributed by atoms with Gasteiger partial charge in [-0.05, 0) is 38.6 Å². The van der Waals surface area contributed by atoms with Gasteiger partial charge in [-0.3, -0.25) is 5.10 Å². The van der Waals surface area contributed by atoms with Crippen molar-refractivity contribution in [2.45, 2.75) is 32.7 Å². The van der Waals surface area contributed by atoms with Gasteiger partial charge in [-0.25, -0.2) is 0 Å². The zero-order valence-electron chi connectivity index (χ0n) is 9.70. The van der Waals surface area contributed by atoms with Crippen molar-refractivity contribution in [1.29, 1.82) is 0 Å². The van der Waals surface area contributed by atoms with Crippen molar-refractivity contribution in [3.8, 4) is 0 Å². The SMILES string of the molecule is Cc1[nH]ncc1CNCC1CC=CCC1.Cl. The molecule has 4 heteroatoms. The third-order valence-corrected chi connectivity index (χ3v) is 3.06. The molecule has 1 aromatic heterocycles. The number of H-pyrrole nitrogens is 1. The number of aromatic nitrogens is 2. The maximum Gasteiger partial charge on any atom is 0.0535 e. The van der Waals surface area contributed by atoms with Gasteiger partial charge in [-0.15, -0.1) is 12.4 Å². The third kappa shape index (κ3) is 3.65. The first kappa shape index (κ1) is 13.3. The lowest BCUT2D eigenvalue weighted by Gasteiger charge is -2.17. The van der Waals surface area contributed by atoms with E-state index < -0.39 is 0 Å². The summed E-state index contributed by atoms with van der Waals surface area (Å²) in [5.41, 5.74) is 2.45. The molecule has 1 aliphatic rings.